The summed E-state index contributed by atoms with van der Waals surface area (Å²) < 4.78 is 36.7. The van der Waals surface area contributed by atoms with Gasteiger partial charge in [-0.1, -0.05) is 72.8 Å². The van der Waals surface area contributed by atoms with Crippen LogP contribution in [0.4, 0.5) is 18.0 Å². The molecule has 3 aromatic carbocycles. The highest BCUT2D eigenvalue weighted by Gasteiger charge is 2.39. The lowest BCUT2D eigenvalue weighted by atomic mass is 9.68. The fourth-order valence-corrected chi connectivity index (χ4v) is 4.67. The SMILES string of the molecule is O=C(NNC(=O)C(F)(F)F)c1ccc(CNC(=O)N2CCC(c3ccccc3)(c3ccccc3)CC2)cc1. The molecule has 1 aliphatic rings. The second kappa shape index (κ2) is 11.4. The van der Waals surface area contributed by atoms with E-state index in [9.17, 15) is 27.6 Å². The van der Waals surface area contributed by atoms with Crippen LogP contribution in [0.5, 0.6) is 0 Å². The van der Waals surface area contributed by atoms with Crippen molar-refractivity contribution >= 4 is 17.8 Å². The van der Waals surface area contributed by atoms with Crippen molar-refractivity contribution in [3.63, 3.8) is 0 Å². The monoisotopic (exact) mass is 524 g/mol. The lowest BCUT2D eigenvalue weighted by molar-refractivity contribution is -0.174. The zero-order chi connectivity index (χ0) is 27.2. The summed E-state index contributed by atoms with van der Waals surface area (Å²) in [5, 5.41) is 2.89. The van der Waals surface area contributed by atoms with Gasteiger partial charge in [0.2, 0.25) is 0 Å². The molecule has 4 amide bonds. The summed E-state index contributed by atoms with van der Waals surface area (Å²) in [5.74, 6) is -3.17. The average molecular weight is 525 g/mol. The number of alkyl halides is 3. The number of carbonyl (C=O) groups excluding carboxylic acids is 3. The van der Waals surface area contributed by atoms with Gasteiger partial charge in [0.15, 0.2) is 0 Å². The third-order valence-electron chi connectivity index (χ3n) is 6.76. The van der Waals surface area contributed by atoms with Crippen molar-refractivity contribution < 1.29 is 27.6 Å². The molecule has 198 valence electrons. The second-order valence-electron chi connectivity index (χ2n) is 9.06. The summed E-state index contributed by atoms with van der Waals surface area (Å²) in [5.41, 5.74) is 6.07. The van der Waals surface area contributed by atoms with Gasteiger partial charge in [-0.25, -0.2) is 4.79 Å². The Morgan fingerprint density at radius 2 is 1.29 bits per heavy atom. The molecule has 10 heteroatoms. The summed E-state index contributed by atoms with van der Waals surface area (Å²) in [7, 11) is 0. The molecular weight excluding hydrogens is 497 g/mol. The fourth-order valence-electron chi connectivity index (χ4n) is 4.67. The van der Waals surface area contributed by atoms with Crippen LogP contribution in [0.15, 0.2) is 84.9 Å². The lowest BCUT2D eigenvalue weighted by Crippen LogP contribution is -2.49. The number of amides is 4. The van der Waals surface area contributed by atoms with Crippen LogP contribution in [-0.4, -0.2) is 42.0 Å². The number of piperidine rings is 1. The van der Waals surface area contributed by atoms with Crippen molar-refractivity contribution in [2.45, 2.75) is 31.0 Å². The summed E-state index contributed by atoms with van der Waals surface area (Å²) in [6.45, 7) is 1.38. The van der Waals surface area contributed by atoms with Gasteiger partial charge in [0.1, 0.15) is 0 Å². The van der Waals surface area contributed by atoms with Gasteiger partial charge in [0, 0.05) is 30.6 Å². The molecule has 1 aliphatic heterocycles. The van der Waals surface area contributed by atoms with E-state index in [0.717, 1.165) is 12.8 Å². The van der Waals surface area contributed by atoms with Crippen LogP contribution in [0.2, 0.25) is 0 Å². The predicted molar refractivity (Wildman–Crippen MR) is 135 cm³/mol. The molecule has 0 atom stereocenters. The maximum Gasteiger partial charge on any atom is 0.472 e. The molecule has 0 bridgehead atoms. The van der Waals surface area contributed by atoms with Gasteiger partial charge in [-0.05, 0) is 41.7 Å². The van der Waals surface area contributed by atoms with E-state index in [2.05, 4.69) is 29.6 Å². The Morgan fingerprint density at radius 1 is 0.763 bits per heavy atom. The van der Waals surface area contributed by atoms with E-state index in [1.165, 1.54) is 28.7 Å². The minimum absolute atomic E-state index is 0.0525. The lowest BCUT2D eigenvalue weighted by Gasteiger charge is -2.42. The zero-order valence-corrected chi connectivity index (χ0v) is 20.4. The standard InChI is InChI=1S/C28H27F3N4O3/c29-28(30,31)25(37)34-33-24(36)21-13-11-20(12-14-21)19-32-26(38)35-17-15-27(16-18-35,22-7-3-1-4-8-22)23-9-5-2-6-10-23/h1-14H,15-19H2,(H,32,38)(H,33,36)(H,34,37). The normalized spacial score (nSPS) is 14.9. The third-order valence-corrected chi connectivity index (χ3v) is 6.76. The largest absolute Gasteiger partial charge is 0.472 e. The minimum atomic E-state index is -5.10. The first kappa shape index (κ1) is 26.7. The smallest absolute Gasteiger partial charge is 0.334 e. The maximum atomic E-state index is 12.9. The predicted octanol–water partition coefficient (Wildman–Crippen LogP) is 4.30. The van der Waals surface area contributed by atoms with Gasteiger partial charge in [-0.15, -0.1) is 0 Å². The van der Waals surface area contributed by atoms with Crippen LogP contribution in [0.25, 0.3) is 0 Å². The Hall–Kier alpha value is -4.34. The number of likely N-dealkylation sites (tertiary alicyclic amines) is 1. The van der Waals surface area contributed by atoms with Crippen molar-refractivity contribution in [3.05, 3.63) is 107 Å². The van der Waals surface area contributed by atoms with E-state index in [0.29, 0.717) is 18.7 Å². The van der Waals surface area contributed by atoms with Crippen LogP contribution in [-0.2, 0) is 16.8 Å². The number of halogens is 3. The van der Waals surface area contributed by atoms with Crippen LogP contribution >= 0.6 is 0 Å². The zero-order valence-electron chi connectivity index (χ0n) is 20.4. The van der Waals surface area contributed by atoms with E-state index in [4.69, 9.17) is 0 Å². The van der Waals surface area contributed by atoms with Crippen LogP contribution in [0.1, 0.15) is 39.9 Å². The van der Waals surface area contributed by atoms with Crippen molar-refractivity contribution in [3.8, 4) is 0 Å². The highest BCUT2D eigenvalue weighted by atomic mass is 19.4. The van der Waals surface area contributed by atoms with Gasteiger partial charge < -0.3 is 10.2 Å². The Labute approximate surface area is 218 Å². The Kier molecular flexibility index (Phi) is 7.99. The fraction of sp³-hybridized carbons (Fsp3) is 0.250. The molecular formula is C28H27F3N4O3. The highest BCUT2D eigenvalue weighted by molar-refractivity contribution is 5.95. The summed E-state index contributed by atoms with van der Waals surface area (Å²) in [6.07, 6.45) is -3.54. The van der Waals surface area contributed by atoms with Crippen molar-refractivity contribution in [2.24, 2.45) is 0 Å². The quantitative estimate of drug-likeness (QED) is 0.435. The van der Waals surface area contributed by atoms with E-state index < -0.39 is 18.0 Å². The molecule has 0 saturated carbocycles. The van der Waals surface area contributed by atoms with Gasteiger partial charge in [-0.3, -0.25) is 20.4 Å². The molecule has 1 heterocycles. The minimum Gasteiger partial charge on any atom is -0.334 e. The molecule has 0 aromatic heterocycles. The maximum absolute atomic E-state index is 12.9. The molecule has 3 aromatic rings. The van der Waals surface area contributed by atoms with Crippen LogP contribution in [0, 0.1) is 0 Å². The Bertz CT molecular complexity index is 1220. The van der Waals surface area contributed by atoms with Gasteiger partial charge in [0.25, 0.3) is 5.91 Å². The molecule has 4 rings (SSSR count). The number of rotatable bonds is 5. The molecule has 1 saturated heterocycles. The summed E-state index contributed by atoms with van der Waals surface area (Å²) in [6, 6.07) is 26.4. The van der Waals surface area contributed by atoms with Crippen LogP contribution in [0.3, 0.4) is 0 Å². The number of urea groups is 1. The molecule has 0 unspecified atom stereocenters. The van der Waals surface area contributed by atoms with Crippen molar-refractivity contribution in [1.82, 2.24) is 21.1 Å². The molecule has 0 spiro atoms. The summed E-state index contributed by atoms with van der Waals surface area (Å²) in [4.78, 5) is 37.4. The van der Waals surface area contributed by atoms with E-state index in [1.807, 2.05) is 36.4 Å². The number of nitrogens with one attached hydrogen (secondary N) is 3. The first-order valence-corrected chi connectivity index (χ1v) is 12.1. The number of hydrogen-bond donors (Lipinski definition) is 3. The first-order chi connectivity index (χ1) is 18.2. The van der Waals surface area contributed by atoms with Gasteiger partial charge in [-0.2, -0.15) is 13.2 Å². The second-order valence-corrected chi connectivity index (χ2v) is 9.06. The van der Waals surface area contributed by atoms with E-state index in [1.54, 1.807) is 22.5 Å². The average Bonchev–Trinajstić information content (AvgIpc) is 2.95. The van der Waals surface area contributed by atoms with Crippen molar-refractivity contribution in [1.29, 1.82) is 0 Å². The number of carbonyl (C=O) groups is 3. The molecule has 38 heavy (non-hydrogen) atoms. The number of benzene rings is 3. The molecule has 0 radical (unpaired) electrons. The Balaban J connectivity index is 1.31. The van der Waals surface area contributed by atoms with Gasteiger partial charge in [0.05, 0.1) is 0 Å². The van der Waals surface area contributed by atoms with Gasteiger partial charge >= 0.3 is 18.1 Å². The van der Waals surface area contributed by atoms with Crippen LogP contribution < -0.4 is 16.2 Å². The number of hydrazine groups is 1. The summed E-state index contributed by atoms with van der Waals surface area (Å²) >= 11 is 0. The van der Waals surface area contributed by atoms with Crippen molar-refractivity contribution in [2.75, 3.05) is 13.1 Å². The van der Waals surface area contributed by atoms with E-state index >= 15 is 0 Å². The number of nitrogens with zero attached hydrogens (tertiary/aromatic N) is 1. The topological polar surface area (TPSA) is 90.5 Å². The molecule has 1 fully saturated rings. The molecule has 0 aliphatic carbocycles. The molecule has 7 nitrogen and oxygen atoms in total. The number of hydrogen-bond acceptors (Lipinski definition) is 3. The highest BCUT2D eigenvalue weighted by Crippen LogP contribution is 2.41. The molecule has 3 N–H and O–H groups in total. The first-order valence-electron chi connectivity index (χ1n) is 12.1. The Morgan fingerprint density at radius 3 is 1.79 bits per heavy atom. The third kappa shape index (κ3) is 6.13. The van der Waals surface area contributed by atoms with E-state index in [-0.39, 0.29) is 23.6 Å².